The van der Waals surface area contributed by atoms with E-state index in [0.717, 1.165) is 6.54 Å². The summed E-state index contributed by atoms with van der Waals surface area (Å²) in [7, 11) is 3.96. The van der Waals surface area contributed by atoms with E-state index in [-0.39, 0.29) is 0 Å². The average molecular weight is 116 g/mol. The van der Waals surface area contributed by atoms with Gasteiger partial charge in [0.15, 0.2) is 0 Å². The van der Waals surface area contributed by atoms with Crippen molar-refractivity contribution in [2.75, 3.05) is 20.6 Å². The first-order valence-corrected chi connectivity index (χ1v) is 3.17. The molecule has 2 heteroatoms. The Bertz CT molecular complexity index is 41.8. The molecule has 2 N–H and O–H groups in total. The van der Waals surface area contributed by atoms with Crippen molar-refractivity contribution in [1.82, 2.24) is 10.6 Å². The highest BCUT2D eigenvalue weighted by molar-refractivity contribution is 4.62. The fourth-order valence-corrected chi connectivity index (χ4v) is 0.697. The molecule has 0 aliphatic heterocycles. The zero-order valence-corrected chi connectivity index (χ0v) is 5.99. The van der Waals surface area contributed by atoms with Gasteiger partial charge in [0.1, 0.15) is 0 Å². The molecule has 0 rings (SSSR count). The fourth-order valence-electron chi connectivity index (χ4n) is 0.697. The van der Waals surface area contributed by atoms with Gasteiger partial charge in [-0.3, -0.25) is 0 Å². The van der Waals surface area contributed by atoms with Gasteiger partial charge in [-0.25, -0.2) is 0 Å². The molecule has 0 amide bonds. The monoisotopic (exact) mass is 116 g/mol. The molecule has 0 bridgehead atoms. The molecule has 0 aliphatic carbocycles. The summed E-state index contributed by atoms with van der Waals surface area (Å²) < 4.78 is 0. The van der Waals surface area contributed by atoms with E-state index >= 15 is 0 Å². The van der Waals surface area contributed by atoms with Crippen LogP contribution in [0, 0.1) is 0 Å². The lowest BCUT2D eigenvalue weighted by Gasteiger charge is -2.11. The lowest BCUT2D eigenvalue weighted by atomic mass is 10.2. The summed E-state index contributed by atoms with van der Waals surface area (Å²) in [6.07, 6.45) is 1.19. The summed E-state index contributed by atoms with van der Waals surface area (Å²) in [5, 5.41) is 6.30. The Balaban J connectivity index is 3.07. The van der Waals surface area contributed by atoms with Crippen LogP contribution in [0.1, 0.15) is 13.3 Å². The van der Waals surface area contributed by atoms with Crippen molar-refractivity contribution < 1.29 is 0 Å². The lowest BCUT2D eigenvalue weighted by Crippen LogP contribution is -2.34. The molecule has 0 aromatic rings. The zero-order chi connectivity index (χ0) is 6.41. The van der Waals surface area contributed by atoms with E-state index in [1.807, 2.05) is 14.1 Å². The highest BCUT2D eigenvalue weighted by Gasteiger charge is 1.97. The van der Waals surface area contributed by atoms with Crippen molar-refractivity contribution in [1.29, 1.82) is 0 Å². The minimum absolute atomic E-state index is 0.639. The number of nitrogens with one attached hydrogen (secondary N) is 2. The Morgan fingerprint density at radius 3 is 2.12 bits per heavy atom. The molecule has 0 fully saturated rings. The third-order valence-electron chi connectivity index (χ3n) is 1.35. The first-order chi connectivity index (χ1) is 3.85. The Labute approximate surface area is 51.7 Å². The van der Waals surface area contributed by atoms with Gasteiger partial charge in [-0.05, 0) is 20.5 Å². The second-order valence-corrected chi connectivity index (χ2v) is 1.95. The minimum Gasteiger partial charge on any atom is -0.318 e. The van der Waals surface area contributed by atoms with Crippen LogP contribution in [-0.4, -0.2) is 26.7 Å². The molecule has 8 heavy (non-hydrogen) atoms. The SMILES string of the molecule is CCC(CNC)NC. The molecule has 1 atom stereocenters. The summed E-state index contributed by atoms with van der Waals surface area (Å²) in [5.74, 6) is 0. The van der Waals surface area contributed by atoms with E-state index in [4.69, 9.17) is 0 Å². The maximum Gasteiger partial charge on any atom is 0.0186 e. The van der Waals surface area contributed by atoms with Crippen molar-refractivity contribution in [3.63, 3.8) is 0 Å². The molecule has 0 heterocycles. The van der Waals surface area contributed by atoms with Crippen LogP contribution in [0.3, 0.4) is 0 Å². The summed E-state index contributed by atoms with van der Waals surface area (Å²) >= 11 is 0. The van der Waals surface area contributed by atoms with Gasteiger partial charge >= 0.3 is 0 Å². The van der Waals surface area contributed by atoms with Crippen molar-refractivity contribution in [2.45, 2.75) is 19.4 Å². The molecule has 0 spiro atoms. The van der Waals surface area contributed by atoms with Crippen molar-refractivity contribution >= 4 is 0 Å². The zero-order valence-electron chi connectivity index (χ0n) is 5.99. The van der Waals surface area contributed by atoms with Crippen LogP contribution in [0.2, 0.25) is 0 Å². The number of hydrogen-bond donors (Lipinski definition) is 2. The van der Waals surface area contributed by atoms with Crippen molar-refractivity contribution in [3.05, 3.63) is 0 Å². The largest absolute Gasteiger partial charge is 0.318 e. The second-order valence-electron chi connectivity index (χ2n) is 1.95. The van der Waals surface area contributed by atoms with Gasteiger partial charge in [0, 0.05) is 12.6 Å². The molecule has 0 saturated carbocycles. The molecule has 2 nitrogen and oxygen atoms in total. The average Bonchev–Trinajstić information content (AvgIpc) is 1.83. The molecule has 50 valence electrons. The molecular weight excluding hydrogens is 100 g/mol. The van der Waals surface area contributed by atoms with Gasteiger partial charge < -0.3 is 10.6 Å². The van der Waals surface area contributed by atoms with Gasteiger partial charge in [-0.15, -0.1) is 0 Å². The van der Waals surface area contributed by atoms with E-state index in [1.54, 1.807) is 0 Å². The highest BCUT2D eigenvalue weighted by atomic mass is 14.9. The predicted molar refractivity (Wildman–Crippen MR) is 37.1 cm³/mol. The maximum absolute atomic E-state index is 3.19. The minimum atomic E-state index is 0.639. The molecule has 1 unspecified atom stereocenters. The highest BCUT2D eigenvalue weighted by Crippen LogP contribution is 1.84. The Morgan fingerprint density at radius 2 is 2.00 bits per heavy atom. The normalized spacial score (nSPS) is 13.9. The number of hydrogen-bond acceptors (Lipinski definition) is 2. The fraction of sp³-hybridized carbons (Fsp3) is 1.00. The van der Waals surface area contributed by atoms with Crippen LogP contribution in [-0.2, 0) is 0 Å². The topological polar surface area (TPSA) is 24.1 Å². The number of rotatable bonds is 4. The van der Waals surface area contributed by atoms with Crippen LogP contribution in [0.25, 0.3) is 0 Å². The maximum atomic E-state index is 3.19. The van der Waals surface area contributed by atoms with Gasteiger partial charge in [-0.2, -0.15) is 0 Å². The van der Waals surface area contributed by atoms with Crippen LogP contribution < -0.4 is 10.6 Å². The third kappa shape index (κ3) is 2.99. The van der Waals surface area contributed by atoms with E-state index in [1.165, 1.54) is 6.42 Å². The summed E-state index contributed by atoms with van der Waals surface area (Å²) in [5.41, 5.74) is 0. The Hall–Kier alpha value is -0.0800. The van der Waals surface area contributed by atoms with Gasteiger partial charge in [0.25, 0.3) is 0 Å². The Kier molecular flexibility index (Phi) is 5.01. The van der Waals surface area contributed by atoms with E-state index in [0.29, 0.717) is 6.04 Å². The van der Waals surface area contributed by atoms with Crippen molar-refractivity contribution in [2.24, 2.45) is 0 Å². The van der Waals surface area contributed by atoms with Crippen LogP contribution in [0.5, 0.6) is 0 Å². The van der Waals surface area contributed by atoms with E-state index in [9.17, 15) is 0 Å². The quantitative estimate of drug-likeness (QED) is 0.548. The second kappa shape index (κ2) is 5.06. The first kappa shape index (κ1) is 7.92. The van der Waals surface area contributed by atoms with Crippen LogP contribution >= 0.6 is 0 Å². The lowest BCUT2D eigenvalue weighted by molar-refractivity contribution is 0.519. The Morgan fingerprint density at radius 1 is 1.38 bits per heavy atom. The van der Waals surface area contributed by atoms with Gasteiger partial charge in [0.05, 0.1) is 0 Å². The van der Waals surface area contributed by atoms with Crippen LogP contribution in [0.4, 0.5) is 0 Å². The van der Waals surface area contributed by atoms with E-state index in [2.05, 4.69) is 17.6 Å². The predicted octanol–water partition coefficient (Wildman–Crippen LogP) is 0.204. The number of likely N-dealkylation sites (N-methyl/N-ethyl adjacent to an activating group) is 2. The summed E-state index contributed by atoms with van der Waals surface area (Å²) in [4.78, 5) is 0. The standard InChI is InChI=1S/C6H16N2/c1-4-6(8-3)5-7-2/h6-8H,4-5H2,1-3H3. The first-order valence-electron chi connectivity index (χ1n) is 3.17. The smallest absolute Gasteiger partial charge is 0.0186 e. The molecular formula is C6H16N2. The third-order valence-corrected chi connectivity index (χ3v) is 1.35. The molecule has 0 aromatic heterocycles. The summed E-state index contributed by atoms with van der Waals surface area (Å²) in [6.45, 7) is 3.24. The van der Waals surface area contributed by atoms with Gasteiger partial charge in [0.2, 0.25) is 0 Å². The molecule has 0 aromatic carbocycles. The van der Waals surface area contributed by atoms with Gasteiger partial charge in [-0.1, -0.05) is 6.92 Å². The molecule has 0 aliphatic rings. The summed E-state index contributed by atoms with van der Waals surface area (Å²) in [6, 6.07) is 0.639. The van der Waals surface area contributed by atoms with Crippen LogP contribution in [0.15, 0.2) is 0 Å². The molecule has 0 saturated heterocycles. The van der Waals surface area contributed by atoms with Crippen molar-refractivity contribution in [3.8, 4) is 0 Å². The molecule has 0 radical (unpaired) electrons. The van der Waals surface area contributed by atoms with E-state index < -0.39 is 0 Å².